The summed E-state index contributed by atoms with van der Waals surface area (Å²) in [5.74, 6) is 1.82. The molecule has 1 aliphatic carbocycles. The summed E-state index contributed by atoms with van der Waals surface area (Å²) in [6.45, 7) is 0. The highest BCUT2D eigenvalue weighted by Gasteiger charge is 2.24. The van der Waals surface area contributed by atoms with Crippen molar-refractivity contribution in [2.45, 2.75) is 6.42 Å². The molecule has 0 atom stereocenters. The normalized spacial score (nSPS) is 11.9. The van der Waals surface area contributed by atoms with Crippen molar-refractivity contribution >= 4 is 21.9 Å². The van der Waals surface area contributed by atoms with E-state index in [-0.39, 0.29) is 0 Å². The highest BCUT2D eigenvalue weighted by molar-refractivity contribution is 6.05. The molecule has 2 heterocycles. The summed E-state index contributed by atoms with van der Waals surface area (Å²) in [5.41, 5.74) is 17.0. The number of furan rings is 1. The first-order chi connectivity index (χ1) is 27.7. The monoisotopic (exact) mass is 715 g/mol. The Morgan fingerprint density at radius 3 is 1.46 bits per heavy atom. The van der Waals surface area contributed by atoms with Gasteiger partial charge in [0.25, 0.3) is 0 Å². The third kappa shape index (κ3) is 5.50. The molecule has 4 nitrogen and oxygen atoms in total. The fourth-order valence-electron chi connectivity index (χ4n) is 8.29. The Morgan fingerprint density at radius 2 is 0.768 bits per heavy atom. The molecule has 0 saturated heterocycles. The SMILES string of the molecule is c1ccc(-c2cccc(-c3nc(-c4ccc(-c5cccc6c5Cc5c(-c7ccccc7)cccc5-6)cc4)nc(-c4ccc5c(c4)oc4ccccc45)n3)c2)cc1. The Morgan fingerprint density at radius 1 is 0.304 bits per heavy atom. The van der Waals surface area contributed by atoms with Gasteiger partial charge < -0.3 is 4.42 Å². The Balaban J connectivity index is 0.998. The second-order valence-electron chi connectivity index (χ2n) is 14.3. The molecule has 0 aliphatic heterocycles. The van der Waals surface area contributed by atoms with Crippen molar-refractivity contribution in [3.63, 3.8) is 0 Å². The molecule has 262 valence electrons. The minimum Gasteiger partial charge on any atom is -0.456 e. The third-order valence-corrected chi connectivity index (χ3v) is 11.0. The summed E-state index contributed by atoms with van der Waals surface area (Å²) in [6.07, 6.45) is 0.894. The summed E-state index contributed by atoms with van der Waals surface area (Å²) in [6, 6.07) is 65.9. The van der Waals surface area contributed by atoms with Gasteiger partial charge in [-0.1, -0.05) is 164 Å². The molecule has 10 aromatic rings. The van der Waals surface area contributed by atoms with Crippen LogP contribution in [0.2, 0.25) is 0 Å². The lowest BCUT2D eigenvalue weighted by atomic mass is 9.95. The van der Waals surface area contributed by atoms with E-state index in [4.69, 9.17) is 19.4 Å². The first kappa shape index (κ1) is 32.0. The smallest absolute Gasteiger partial charge is 0.164 e. The molecule has 0 unspecified atom stereocenters. The molecule has 0 fully saturated rings. The molecule has 56 heavy (non-hydrogen) atoms. The van der Waals surface area contributed by atoms with Gasteiger partial charge in [-0.25, -0.2) is 15.0 Å². The van der Waals surface area contributed by atoms with E-state index in [0.29, 0.717) is 17.5 Å². The number of nitrogens with zero attached hydrogens (tertiary/aromatic N) is 3. The van der Waals surface area contributed by atoms with Crippen LogP contribution in [-0.4, -0.2) is 15.0 Å². The van der Waals surface area contributed by atoms with Crippen molar-refractivity contribution in [1.29, 1.82) is 0 Å². The number of fused-ring (bicyclic) bond motifs is 6. The maximum Gasteiger partial charge on any atom is 0.164 e. The number of hydrogen-bond acceptors (Lipinski definition) is 4. The van der Waals surface area contributed by atoms with Crippen molar-refractivity contribution in [1.82, 2.24) is 15.0 Å². The third-order valence-electron chi connectivity index (χ3n) is 11.0. The van der Waals surface area contributed by atoms with Gasteiger partial charge in [0, 0.05) is 27.5 Å². The molecule has 0 radical (unpaired) electrons. The van der Waals surface area contributed by atoms with E-state index in [1.54, 1.807) is 0 Å². The zero-order valence-electron chi connectivity index (χ0n) is 30.4. The average Bonchev–Trinajstić information content (AvgIpc) is 3.85. The molecule has 0 amide bonds. The van der Waals surface area contributed by atoms with E-state index in [1.807, 2.05) is 30.3 Å². The predicted octanol–water partition coefficient (Wildman–Crippen LogP) is 13.3. The van der Waals surface area contributed by atoms with Crippen molar-refractivity contribution in [2.75, 3.05) is 0 Å². The number of aromatic nitrogens is 3. The topological polar surface area (TPSA) is 51.8 Å². The van der Waals surface area contributed by atoms with Gasteiger partial charge in [0.1, 0.15) is 11.2 Å². The summed E-state index contributed by atoms with van der Waals surface area (Å²) in [5, 5.41) is 2.16. The second-order valence-corrected chi connectivity index (χ2v) is 14.3. The van der Waals surface area contributed by atoms with E-state index in [0.717, 1.165) is 56.2 Å². The lowest BCUT2D eigenvalue weighted by molar-refractivity contribution is 0.669. The van der Waals surface area contributed by atoms with Gasteiger partial charge >= 0.3 is 0 Å². The molecule has 11 rings (SSSR count). The largest absolute Gasteiger partial charge is 0.456 e. The highest BCUT2D eigenvalue weighted by Crippen LogP contribution is 2.45. The Kier molecular flexibility index (Phi) is 7.52. The first-order valence-corrected chi connectivity index (χ1v) is 19.0. The van der Waals surface area contributed by atoms with Crippen LogP contribution in [0.3, 0.4) is 0 Å². The Bertz CT molecular complexity index is 3090. The molecule has 0 saturated carbocycles. The van der Waals surface area contributed by atoms with Crippen LogP contribution in [0.25, 0.3) is 101 Å². The van der Waals surface area contributed by atoms with Crippen molar-refractivity contribution in [3.05, 3.63) is 199 Å². The van der Waals surface area contributed by atoms with E-state index in [1.165, 1.54) is 44.5 Å². The van der Waals surface area contributed by atoms with Gasteiger partial charge in [0.15, 0.2) is 17.5 Å². The predicted molar refractivity (Wildman–Crippen MR) is 228 cm³/mol. The van der Waals surface area contributed by atoms with E-state index in [2.05, 4.69) is 158 Å². The van der Waals surface area contributed by atoms with Crippen LogP contribution < -0.4 is 0 Å². The summed E-state index contributed by atoms with van der Waals surface area (Å²) in [4.78, 5) is 15.3. The van der Waals surface area contributed by atoms with Gasteiger partial charge in [0.05, 0.1) is 0 Å². The first-order valence-electron chi connectivity index (χ1n) is 19.0. The minimum atomic E-state index is 0.592. The van der Waals surface area contributed by atoms with Crippen molar-refractivity contribution in [3.8, 4) is 78.7 Å². The van der Waals surface area contributed by atoms with Crippen LogP contribution >= 0.6 is 0 Å². The minimum absolute atomic E-state index is 0.592. The van der Waals surface area contributed by atoms with Crippen LogP contribution in [0.5, 0.6) is 0 Å². The fourth-order valence-corrected chi connectivity index (χ4v) is 8.29. The Labute approximate surface area is 324 Å². The molecular formula is C52H33N3O. The van der Waals surface area contributed by atoms with Crippen LogP contribution in [0, 0.1) is 0 Å². The van der Waals surface area contributed by atoms with Crippen LogP contribution in [0.15, 0.2) is 192 Å². The molecule has 2 aromatic heterocycles. The molecule has 0 bridgehead atoms. The summed E-state index contributed by atoms with van der Waals surface area (Å²) in [7, 11) is 0. The quantitative estimate of drug-likeness (QED) is 0.172. The van der Waals surface area contributed by atoms with E-state index in [9.17, 15) is 0 Å². The molecule has 1 aliphatic rings. The Hall–Kier alpha value is -7.43. The summed E-state index contributed by atoms with van der Waals surface area (Å²) >= 11 is 0. The van der Waals surface area contributed by atoms with Gasteiger partial charge in [0.2, 0.25) is 0 Å². The zero-order chi connectivity index (χ0) is 37.0. The second kappa shape index (κ2) is 13.2. The lowest BCUT2D eigenvalue weighted by Crippen LogP contribution is -2.00. The number of hydrogen-bond donors (Lipinski definition) is 0. The average molecular weight is 716 g/mol. The van der Waals surface area contributed by atoms with Gasteiger partial charge in [-0.05, 0) is 86.3 Å². The number of para-hydroxylation sites is 1. The fraction of sp³-hybridized carbons (Fsp3) is 0.0192. The lowest BCUT2D eigenvalue weighted by Gasteiger charge is -2.11. The van der Waals surface area contributed by atoms with Gasteiger partial charge in [-0.2, -0.15) is 0 Å². The molecule has 8 aromatic carbocycles. The van der Waals surface area contributed by atoms with Gasteiger partial charge in [-0.3, -0.25) is 0 Å². The van der Waals surface area contributed by atoms with Crippen molar-refractivity contribution < 1.29 is 4.42 Å². The van der Waals surface area contributed by atoms with Crippen molar-refractivity contribution in [2.24, 2.45) is 0 Å². The molecule has 0 spiro atoms. The maximum absolute atomic E-state index is 6.27. The number of rotatable bonds is 6. The standard InChI is InChI=1S/C52H33N3O/c1-3-12-33(13-4-1)37-16-9-17-38(30-37)51-53-50(54-52(55-51)39-28-29-45-44-18-7-8-23-48(44)56-49(45)31-39)36-26-24-35(25-27-36)41-20-11-22-43-42-21-10-19-40(46(42)32-47(41)43)34-14-5-2-6-15-34/h1-31H,32H2. The van der Waals surface area contributed by atoms with Gasteiger partial charge in [-0.15, -0.1) is 0 Å². The molecule has 0 N–H and O–H groups in total. The van der Waals surface area contributed by atoms with Crippen LogP contribution in [0.1, 0.15) is 11.1 Å². The molecular weight excluding hydrogens is 683 g/mol. The number of benzene rings is 8. The van der Waals surface area contributed by atoms with Crippen LogP contribution in [-0.2, 0) is 6.42 Å². The highest BCUT2D eigenvalue weighted by atomic mass is 16.3. The van der Waals surface area contributed by atoms with E-state index < -0.39 is 0 Å². The summed E-state index contributed by atoms with van der Waals surface area (Å²) < 4.78 is 6.27. The zero-order valence-corrected chi connectivity index (χ0v) is 30.4. The van der Waals surface area contributed by atoms with Crippen LogP contribution in [0.4, 0.5) is 0 Å². The maximum atomic E-state index is 6.27. The van der Waals surface area contributed by atoms with E-state index >= 15 is 0 Å². The molecule has 4 heteroatoms.